The molecule has 6 nitrogen and oxygen atoms in total. The lowest BCUT2D eigenvalue weighted by Crippen LogP contribution is -2.47. The molecule has 2 aromatic carbocycles. The molecule has 136 valence electrons. The van der Waals surface area contributed by atoms with E-state index in [-0.39, 0.29) is 24.5 Å². The SMILES string of the molecule is Cc1ccc(C(=O)N[C@H](C(=O)Nc2ccc3c(c2)OCO3)C(C)C)cc1. The topological polar surface area (TPSA) is 76.7 Å². The molecule has 0 aliphatic carbocycles. The van der Waals surface area contributed by atoms with Crippen molar-refractivity contribution in [2.24, 2.45) is 5.92 Å². The van der Waals surface area contributed by atoms with Gasteiger partial charge in [-0.1, -0.05) is 31.5 Å². The molecular weight excluding hydrogens is 332 g/mol. The Labute approximate surface area is 152 Å². The van der Waals surface area contributed by atoms with Crippen LogP contribution in [0.15, 0.2) is 42.5 Å². The first-order valence-corrected chi connectivity index (χ1v) is 8.52. The Balaban J connectivity index is 1.69. The van der Waals surface area contributed by atoms with Crippen molar-refractivity contribution >= 4 is 17.5 Å². The van der Waals surface area contributed by atoms with Crippen LogP contribution in [0.2, 0.25) is 0 Å². The van der Waals surface area contributed by atoms with Crippen molar-refractivity contribution in [1.82, 2.24) is 5.32 Å². The van der Waals surface area contributed by atoms with E-state index in [2.05, 4.69) is 10.6 Å². The fourth-order valence-electron chi connectivity index (χ4n) is 2.66. The maximum absolute atomic E-state index is 12.7. The molecule has 2 amide bonds. The largest absolute Gasteiger partial charge is 0.454 e. The Morgan fingerprint density at radius 3 is 2.38 bits per heavy atom. The zero-order chi connectivity index (χ0) is 18.7. The van der Waals surface area contributed by atoms with Crippen LogP contribution in [-0.4, -0.2) is 24.6 Å². The number of anilines is 1. The second kappa shape index (κ2) is 7.47. The zero-order valence-electron chi connectivity index (χ0n) is 15.0. The number of nitrogens with one attached hydrogen (secondary N) is 2. The number of benzene rings is 2. The number of fused-ring (bicyclic) bond motifs is 1. The predicted molar refractivity (Wildman–Crippen MR) is 98.5 cm³/mol. The summed E-state index contributed by atoms with van der Waals surface area (Å²) in [6.07, 6.45) is 0. The summed E-state index contributed by atoms with van der Waals surface area (Å²) in [6, 6.07) is 11.8. The van der Waals surface area contributed by atoms with Crippen molar-refractivity contribution < 1.29 is 19.1 Å². The number of hydrogen-bond acceptors (Lipinski definition) is 4. The van der Waals surface area contributed by atoms with Crippen molar-refractivity contribution in [2.45, 2.75) is 26.8 Å². The molecule has 0 bridgehead atoms. The molecule has 0 saturated carbocycles. The molecule has 2 N–H and O–H groups in total. The third-order valence-corrected chi connectivity index (χ3v) is 4.19. The summed E-state index contributed by atoms with van der Waals surface area (Å²) in [6.45, 7) is 5.91. The lowest BCUT2D eigenvalue weighted by Gasteiger charge is -2.22. The van der Waals surface area contributed by atoms with E-state index in [0.29, 0.717) is 22.7 Å². The zero-order valence-corrected chi connectivity index (χ0v) is 15.0. The molecule has 0 fully saturated rings. The van der Waals surface area contributed by atoms with Gasteiger partial charge < -0.3 is 20.1 Å². The van der Waals surface area contributed by atoms with E-state index in [1.54, 1.807) is 30.3 Å². The molecule has 1 atom stereocenters. The van der Waals surface area contributed by atoms with Crippen LogP contribution in [0.3, 0.4) is 0 Å². The Morgan fingerprint density at radius 2 is 1.69 bits per heavy atom. The Hall–Kier alpha value is -3.02. The lowest BCUT2D eigenvalue weighted by molar-refractivity contribution is -0.118. The van der Waals surface area contributed by atoms with Gasteiger partial charge in [-0.15, -0.1) is 0 Å². The number of carbonyl (C=O) groups excluding carboxylic acids is 2. The van der Waals surface area contributed by atoms with Crippen LogP contribution in [-0.2, 0) is 4.79 Å². The second-order valence-electron chi connectivity index (χ2n) is 6.62. The minimum absolute atomic E-state index is 0.0709. The van der Waals surface area contributed by atoms with Gasteiger partial charge in [0.05, 0.1) is 0 Å². The molecule has 3 rings (SSSR count). The number of amides is 2. The third kappa shape index (κ3) is 3.96. The fourth-order valence-corrected chi connectivity index (χ4v) is 2.66. The predicted octanol–water partition coefficient (Wildman–Crippen LogP) is 3.12. The minimum atomic E-state index is -0.658. The summed E-state index contributed by atoms with van der Waals surface area (Å²) in [5, 5.41) is 5.65. The monoisotopic (exact) mass is 354 g/mol. The van der Waals surface area contributed by atoms with Gasteiger partial charge >= 0.3 is 0 Å². The normalized spacial score (nSPS) is 13.4. The van der Waals surface area contributed by atoms with Crippen LogP contribution >= 0.6 is 0 Å². The molecule has 0 spiro atoms. The number of ether oxygens (including phenoxy) is 2. The van der Waals surface area contributed by atoms with Gasteiger partial charge in [-0.25, -0.2) is 0 Å². The van der Waals surface area contributed by atoms with Crippen molar-refractivity contribution in [1.29, 1.82) is 0 Å². The van der Waals surface area contributed by atoms with Crippen molar-refractivity contribution in [3.05, 3.63) is 53.6 Å². The molecule has 2 aromatic rings. The van der Waals surface area contributed by atoms with Crippen LogP contribution < -0.4 is 20.1 Å². The van der Waals surface area contributed by atoms with E-state index in [1.807, 2.05) is 32.9 Å². The molecule has 0 radical (unpaired) electrons. The number of carbonyl (C=O) groups is 2. The van der Waals surface area contributed by atoms with E-state index in [0.717, 1.165) is 5.56 Å². The number of hydrogen-bond donors (Lipinski definition) is 2. The second-order valence-corrected chi connectivity index (χ2v) is 6.62. The third-order valence-electron chi connectivity index (χ3n) is 4.19. The van der Waals surface area contributed by atoms with Crippen molar-refractivity contribution in [3.63, 3.8) is 0 Å². The Kier molecular flexibility index (Phi) is 5.11. The van der Waals surface area contributed by atoms with Gasteiger partial charge in [0.25, 0.3) is 5.91 Å². The standard InChI is InChI=1S/C20H22N2O4/c1-12(2)18(22-19(23)14-6-4-13(3)5-7-14)20(24)21-15-8-9-16-17(10-15)26-11-25-16/h4-10,12,18H,11H2,1-3H3,(H,21,24)(H,22,23)/t18-/m0/s1. The van der Waals surface area contributed by atoms with Gasteiger partial charge in [-0.05, 0) is 37.1 Å². The highest BCUT2D eigenvalue weighted by molar-refractivity contribution is 6.01. The molecule has 0 saturated heterocycles. The van der Waals surface area contributed by atoms with E-state index >= 15 is 0 Å². The number of aryl methyl sites for hydroxylation is 1. The molecule has 26 heavy (non-hydrogen) atoms. The molecule has 1 aliphatic heterocycles. The number of rotatable bonds is 5. The van der Waals surface area contributed by atoms with Crippen LogP contribution in [0.4, 0.5) is 5.69 Å². The highest BCUT2D eigenvalue weighted by atomic mass is 16.7. The Bertz CT molecular complexity index is 815. The van der Waals surface area contributed by atoms with Crippen LogP contribution in [0, 0.1) is 12.8 Å². The summed E-state index contributed by atoms with van der Waals surface area (Å²) in [5.74, 6) is 0.617. The van der Waals surface area contributed by atoms with Crippen LogP contribution in [0.5, 0.6) is 11.5 Å². The maximum atomic E-state index is 12.7. The van der Waals surface area contributed by atoms with Crippen molar-refractivity contribution in [2.75, 3.05) is 12.1 Å². The molecule has 1 aliphatic rings. The molecule has 0 aromatic heterocycles. The quantitative estimate of drug-likeness (QED) is 0.865. The van der Waals surface area contributed by atoms with Gasteiger partial charge in [-0.3, -0.25) is 9.59 Å². The fraction of sp³-hybridized carbons (Fsp3) is 0.300. The molecular formula is C20H22N2O4. The average Bonchev–Trinajstić information content (AvgIpc) is 3.07. The highest BCUT2D eigenvalue weighted by Crippen LogP contribution is 2.34. The van der Waals surface area contributed by atoms with Gasteiger partial charge in [-0.2, -0.15) is 0 Å². The van der Waals surface area contributed by atoms with E-state index in [9.17, 15) is 9.59 Å². The summed E-state index contributed by atoms with van der Waals surface area (Å²) >= 11 is 0. The first-order chi connectivity index (χ1) is 12.4. The van der Waals surface area contributed by atoms with Crippen LogP contribution in [0.25, 0.3) is 0 Å². The minimum Gasteiger partial charge on any atom is -0.454 e. The summed E-state index contributed by atoms with van der Waals surface area (Å²) in [5.41, 5.74) is 2.19. The van der Waals surface area contributed by atoms with Crippen molar-refractivity contribution in [3.8, 4) is 11.5 Å². The molecule has 1 heterocycles. The van der Waals surface area contributed by atoms with E-state index in [1.165, 1.54) is 0 Å². The maximum Gasteiger partial charge on any atom is 0.251 e. The Morgan fingerprint density at radius 1 is 1.00 bits per heavy atom. The summed E-state index contributed by atoms with van der Waals surface area (Å²) in [4.78, 5) is 25.1. The smallest absolute Gasteiger partial charge is 0.251 e. The van der Waals surface area contributed by atoms with Gasteiger partial charge in [0, 0.05) is 17.3 Å². The first-order valence-electron chi connectivity index (χ1n) is 8.52. The summed E-state index contributed by atoms with van der Waals surface area (Å²) < 4.78 is 10.6. The molecule has 6 heteroatoms. The lowest BCUT2D eigenvalue weighted by atomic mass is 10.0. The highest BCUT2D eigenvalue weighted by Gasteiger charge is 2.25. The first kappa shape index (κ1) is 17.8. The summed E-state index contributed by atoms with van der Waals surface area (Å²) in [7, 11) is 0. The van der Waals surface area contributed by atoms with Gasteiger partial charge in [0.1, 0.15) is 6.04 Å². The van der Waals surface area contributed by atoms with Crippen LogP contribution in [0.1, 0.15) is 29.8 Å². The van der Waals surface area contributed by atoms with E-state index < -0.39 is 6.04 Å². The van der Waals surface area contributed by atoms with Gasteiger partial charge in [0.15, 0.2) is 11.5 Å². The average molecular weight is 354 g/mol. The molecule has 0 unspecified atom stereocenters. The van der Waals surface area contributed by atoms with Gasteiger partial charge in [0.2, 0.25) is 12.7 Å². The van der Waals surface area contributed by atoms with E-state index in [4.69, 9.17) is 9.47 Å².